The van der Waals surface area contributed by atoms with Crippen LogP contribution >= 0.6 is 0 Å². The highest BCUT2D eigenvalue weighted by Gasteiger charge is 2.19. The van der Waals surface area contributed by atoms with E-state index in [2.05, 4.69) is 45.1 Å². The molecule has 0 N–H and O–H groups in total. The lowest BCUT2D eigenvalue weighted by Gasteiger charge is -2.18. The Bertz CT molecular complexity index is 1150. The molecule has 1 atom stereocenters. The predicted octanol–water partition coefficient (Wildman–Crippen LogP) is 21.4. The van der Waals surface area contributed by atoms with E-state index in [9.17, 15) is 14.4 Å². The number of hydrogen-bond acceptors (Lipinski definition) is 6. The third kappa shape index (κ3) is 58.7. The van der Waals surface area contributed by atoms with E-state index in [-0.39, 0.29) is 31.1 Å². The minimum absolute atomic E-state index is 0.0688. The molecule has 6 nitrogen and oxygen atoms in total. The van der Waals surface area contributed by atoms with Gasteiger partial charge in [0.1, 0.15) is 13.2 Å². The van der Waals surface area contributed by atoms with Gasteiger partial charge in [0.15, 0.2) is 6.10 Å². The number of carbonyl (C=O) groups is 3. The summed E-state index contributed by atoms with van der Waals surface area (Å²) in [5.74, 6) is -0.854. The van der Waals surface area contributed by atoms with Gasteiger partial charge in [0, 0.05) is 19.3 Å². The Kier molecular flexibility index (Phi) is 58.6. The van der Waals surface area contributed by atoms with Crippen LogP contribution in [0.2, 0.25) is 0 Å². The second kappa shape index (κ2) is 60.4. The third-order valence-corrected chi connectivity index (χ3v) is 14.4. The summed E-state index contributed by atoms with van der Waals surface area (Å²) in [7, 11) is 0. The molecule has 0 fully saturated rings. The van der Waals surface area contributed by atoms with Crippen molar-refractivity contribution in [2.45, 2.75) is 361 Å². The number of esters is 3. The molecule has 0 amide bonds. The van der Waals surface area contributed by atoms with Crippen LogP contribution in [0.5, 0.6) is 0 Å². The Hall–Kier alpha value is -2.11. The molecule has 0 aliphatic rings. The van der Waals surface area contributed by atoms with Gasteiger partial charge in [-0.05, 0) is 70.6 Å². The highest BCUT2D eigenvalue weighted by atomic mass is 16.6. The Morgan fingerprint density at radius 3 is 0.732 bits per heavy atom. The van der Waals surface area contributed by atoms with Gasteiger partial charge in [-0.1, -0.05) is 289 Å². The van der Waals surface area contributed by atoms with Crippen molar-refractivity contribution in [1.82, 2.24) is 0 Å². The van der Waals surface area contributed by atoms with Crippen LogP contribution in [-0.2, 0) is 28.6 Å². The van der Waals surface area contributed by atoms with Crippen molar-refractivity contribution in [3.05, 3.63) is 24.3 Å². The SMILES string of the molecule is CCCCC/C=C\CCCCCCCC(=O)OCC(COC(=O)CCCCCCCCCCCCCCC/C=C\CCCCCCCCCC)OC(=O)CCCCCCCCCCCCCCCCCC. The molecule has 71 heavy (non-hydrogen) atoms. The highest BCUT2D eigenvalue weighted by Crippen LogP contribution is 2.18. The summed E-state index contributed by atoms with van der Waals surface area (Å²) < 4.78 is 16.9. The van der Waals surface area contributed by atoms with Crippen LogP contribution in [0.3, 0.4) is 0 Å². The average molecular weight is 1000 g/mol. The molecule has 0 aromatic rings. The van der Waals surface area contributed by atoms with Gasteiger partial charge in [0.25, 0.3) is 0 Å². The van der Waals surface area contributed by atoms with Gasteiger partial charge in [0.2, 0.25) is 0 Å². The molecule has 418 valence electrons. The van der Waals surface area contributed by atoms with Crippen molar-refractivity contribution < 1.29 is 28.6 Å². The van der Waals surface area contributed by atoms with Gasteiger partial charge in [-0.25, -0.2) is 0 Å². The number of carbonyl (C=O) groups excluding carboxylic acids is 3. The first-order chi connectivity index (χ1) is 35.0. The van der Waals surface area contributed by atoms with Gasteiger partial charge in [-0.3, -0.25) is 14.4 Å². The van der Waals surface area contributed by atoms with Crippen LogP contribution in [-0.4, -0.2) is 37.2 Å². The molecular weight excluding hydrogens is 877 g/mol. The number of rotatable bonds is 59. The fourth-order valence-corrected chi connectivity index (χ4v) is 9.61. The molecule has 0 aliphatic carbocycles. The second-order valence-electron chi connectivity index (χ2n) is 21.7. The molecule has 0 heterocycles. The molecule has 0 saturated heterocycles. The number of hydrogen-bond donors (Lipinski definition) is 0. The zero-order valence-electron chi connectivity index (χ0n) is 48.0. The average Bonchev–Trinajstić information content (AvgIpc) is 3.37. The van der Waals surface area contributed by atoms with Crippen molar-refractivity contribution in [2.75, 3.05) is 13.2 Å². The van der Waals surface area contributed by atoms with E-state index < -0.39 is 6.10 Å². The topological polar surface area (TPSA) is 78.9 Å². The smallest absolute Gasteiger partial charge is 0.306 e. The van der Waals surface area contributed by atoms with Crippen LogP contribution < -0.4 is 0 Å². The summed E-state index contributed by atoms with van der Waals surface area (Å²) in [4.78, 5) is 38.2. The monoisotopic (exact) mass is 999 g/mol. The molecule has 0 aliphatic heterocycles. The highest BCUT2D eigenvalue weighted by molar-refractivity contribution is 5.71. The molecule has 1 unspecified atom stereocenters. The van der Waals surface area contributed by atoms with Gasteiger partial charge in [-0.2, -0.15) is 0 Å². The Labute approximate surface area is 443 Å². The van der Waals surface area contributed by atoms with Gasteiger partial charge >= 0.3 is 17.9 Å². The summed E-state index contributed by atoms with van der Waals surface area (Å²) in [5, 5.41) is 0. The van der Waals surface area contributed by atoms with E-state index in [1.165, 1.54) is 250 Å². The predicted molar refractivity (Wildman–Crippen MR) is 307 cm³/mol. The van der Waals surface area contributed by atoms with Crippen LogP contribution in [0.1, 0.15) is 355 Å². The van der Waals surface area contributed by atoms with E-state index >= 15 is 0 Å². The molecule has 0 saturated carbocycles. The minimum atomic E-state index is -0.770. The van der Waals surface area contributed by atoms with Crippen molar-refractivity contribution in [1.29, 1.82) is 0 Å². The Morgan fingerprint density at radius 2 is 0.465 bits per heavy atom. The fourth-order valence-electron chi connectivity index (χ4n) is 9.61. The fraction of sp³-hybridized carbons (Fsp3) is 0.892. The van der Waals surface area contributed by atoms with Crippen LogP contribution in [0.25, 0.3) is 0 Å². The van der Waals surface area contributed by atoms with E-state index in [4.69, 9.17) is 14.2 Å². The van der Waals surface area contributed by atoms with E-state index in [1.807, 2.05) is 0 Å². The second-order valence-corrected chi connectivity index (χ2v) is 21.7. The van der Waals surface area contributed by atoms with E-state index in [0.717, 1.165) is 64.2 Å². The summed E-state index contributed by atoms with van der Waals surface area (Å²) >= 11 is 0. The van der Waals surface area contributed by atoms with E-state index in [1.54, 1.807) is 0 Å². The summed E-state index contributed by atoms with van der Waals surface area (Å²) in [5.41, 5.74) is 0. The molecule has 0 radical (unpaired) electrons. The first kappa shape index (κ1) is 68.9. The standard InChI is InChI=1S/C65H122O6/c1-4-7-10-13-16-19-22-25-27-29-30-31-32-33-34-35-36-37-39-40-43-46-49-52-55-58-64(67)70-61-62(60-69-63(66)57-54-51-48-45-42-24-21-18-15-12-9-6-3)71-65(68)59-56-53-50-47-44-41-38-28-26-23-20-17-14-11-8-5-2/h18,21,29-30,62H,4-17,19-20,22-28,31-61H2,1-3H3/b21-18-,30-29-. The maximum Gasteiger partial charge on any atom is 0.306 e. The largest absolute Gasteiger partial charge is 0.462 e. The quantitative estimate of drug-likeness (QED) is 0.0261. The molecule has 0 spiro atoms. The lowest BCUT2D eigenvalue weighted by atomic mass is 10.0. The van der Waals surface area contributed by atoms with Gasteiger partial charge < -0.3 is 14.2 Å². The molecule has 0 bridgehead atoms. The van der Waals surface area contributed by atoms with Crippen molar-refractivity contribution >= 4 is 17.9 Å². The maximum atomic E-state index is 12.9. The Balaban J connectivity index is 4.21. The van der Waals surface area contributed by atoms with Crippen molar-refractivity contribution in [3.63, 3.8) is 0 Å². The summed E-state index contributed by atoms with van der Waals surface area (Å²) in [6, 6.07) is 0. The van der Waals surface area contributed by atoms with Crippen LogP contribution in [0.15, 0.2) is 24.3 Å². The number of unbranched alkanes of at least 4 members (excludes halogenated alkanes) is 44. The van der Waals surface area contributed by atoms with Crippen molar-refractivity contribution in [2.24, 2.45) is 0 Å². The summed E-state index contributed by atoms with van der Waals surface area (Å²) in [6.07, 6.45) is 71.9. The molecule has 0 aromatic heterocycles. The molecular formula is C65H122O6. The normalized spacial score (nSPS) is 12.1. The maximum absolute atomic E-state index is 12.9. The molecule has 0 rings (SSSR count). The van der Waals surface area contributed by atoms with Gasteiger partial charge in [0.05, 0.1) is 0 Å². The van der Waals surface area contributed by atoms with Crippen molar-refractivity contribution in [3.8, 4) is 0 Å². The lowest BCUT2D eigenvalue weighted by molar-refractivity contribution is -0.167. The summed E-state index contributed by atoms with van der Waals surface area (Å²) in [6.45, 7) is 6.67. The zero-order chi connectivity index (χ0) is 51.4. The first-order valence-corrected chi connectivity index (χ1v) is 31.8. The lowest BCUT2D eigenvalue weighted by Crippen LogP contribution is -2.30. The van der Waals surface area contributed by atoms with E-state index in [0.29, 0.717) is 19.3 Å². The van der Waals surface area contributed by atoms with Crippen LogP contribution in [0.4, 0.5) is 0 Å². The zero-order valence-corrected chi connectivity index (χ0v) is 48.0. The Morgan fingerprint density at radius 1 is 0.268 bits per heavy atom. The van der Waals surface area contributed by atoms with Gasteiger partial charge in [-0.15, -0.1) is 0 Å². The minimum Gasteiger partial charge on any atom is -0.462 e. The van der Waals surface area contributed by atoms with Crippen LogP contribution in [0, 0.1) is 0 Å². The number of allylic oxidation sites excluding steroid dienone is 4. The molecule has 0 aromatic carbocycles. The first-order valence-electron chi connectivity index (χ1n) is 31.8. The molecule has 6 heteroatoms. The third-order valence-electron chi connectivity index (χ3n) is 14.4. The number of ether oxygens (including phenoxy) is 3.